The molecular formula is C23H25N4O8S+. The lowest BCUT2D eigenvalue weighted by molar-refractivity contribution is -0.939. The van der Waals surface area contributed by atoms with Gasteiger partial charge in [-0.2, -0.15) is 0 Å². The van der Waals surface area contributed by atoms with Gasteiger partial charge in [0.05, 0.1) is 25.9 Å². The lowest BCUT2D eigenvalue weighted by atomic mass is 10.2. The van der Waals surface area contributed by atoms with E-state index in [1.54, 1.807) is 29.3 Å². The molecule has 1 aliphatic heterocycles. The largest absolute Gasteiger partial charge is 0.427 e. The van der Waals surface area contributed by atoms with Crippen LogP contribution in [0.1, 0.15) is 41.6 Å². The third kappa shape index (κ3) is 7.91. The predicted octanol–water partition coefficient (Wildman–Crippen LogP) is 2.52. The number of ether oxygens (including phenoxy) is 3. The van der Waals surface area contributed by atoms with Gasteiger partial charge in [-0.15, -0.1) is 5.01 Å². The van der Waals surface area contributed by atoms with Gasteiger partial charge in [0.25, 0.3) is 17.0 Å². The summed E-state index contributed by atoms with van der Waals surface area (Å²) >= 11 is 4.86. The first-order valence-electron chi connectivity index (χ1n) is 11.0. The van der Waals surface area contributed by atoms with Crippen LogP contribution < -0.4 is 15.2 Å². The van der Waals surface area contributed by atoms with E-state index in [1.807, 2.05) is 0 Å². The van der Waals surface area contributed by atoms with Gasteiger partial charge in [0.15, 0.2) is 0 Å². The van der Waals surface area contributed by atoms with E-state index in [9.17, 15) is 19.6 Å². The van der Waals surface area contributed by atoms with Crippen molar-refractivity contribution in [3.05, 3.63) is 59.7 Å². The van der Waals surface area contributed by atoms with E-state index in [0.717, 1.165) is 12.8 Å². The first kappa shape index (κ1) is 26.3. The average molecular weight is 518 g/mol. The molecule has 0 saturated carbocycles. The van der Waals surface area contributed by atoms with Gasteiger partial charge in [-0.25, -0.2) is 10.0 Å². The van der Waals surface area contributed by atoms with Crippen LogP contribution in [0.5, 0.6) is 11.5 Å². The fourth-order valence-electron chi connectivity index (χ4n) is 3.14. The molecule has 0 unspecified atom stereocenters. The van der Waals surface area contributed by atoms with Crippen LogP contribution in [-0.4, -0.2) is 58.0 Å². The van der Waals surface area contributed by atoms with Crippen molar-refractivity contribution in [1.82, 2.24) is 5.01 Å². The number of thiocarbonyl (C=S) groups is 1. The Morgan fingerprint density at radius 1 is 1.00 bits per heavy atom. The van der Waals surface area contributed by atoms with Gasteiger partial charge in [0, 0.05) is 5.56 Å². The number of hydrazine groups is 1. The Bertz CT molecular complexity index is 1130. The van der Waals surface area contributed by atoms with E-state index in [1.165, 1.54) is 24.3 Å². The summed E-state index contributed by atoms with van der Waals surface area (Å²) in [6.45, 7) is 0.698. The van der Waals surface area contributed by atoms with Crippen molar-refractivity contribution in [2.24, 2.45) is 11.0 Å². The third-order valence-electron chi connectivity index (χ3n) is 4.94. The Kier molecular flexibility index (Phi) is 9.51. The molecule has 0 bridgehead atoms. The molecule has 12 nitrogen and oxygen atoms in total. The highest BCUT2D eigenvalue weighted by Gasteiger charge is 2.23. The minimum atomic E-state index is -0.834. The van der Waals surface area contributed by atoms with Gasteiger partial charge in [0.2, 0.25) is 0 Å². The number of nitrogens with zero attached hydrogens (tertiary/aromatic N) is 3. The maximum atomic E-state index is 12.4. The summed E-state index contributed by atoms with van der Waals surface area (Å²) in [4.78, 5) is 42.2. The first-order chi connectivity index (χ1) is 17.3. The average Bonchev–Trinajstić information content (AvgIpc) is 3.41. The first-order valence-corrected chi connectivity index (χ1v) is 11.4. The normalized spacial score (nSPS) is 13.1. The summed E-state index contributed by atoms with van der Waals surface area (Å²) in [5, 5.41) is 14.7. The maximum Gasteiger partial charge on any atom is 0.344 e. The molecule has 1 aliphatic rings. The van der Waals surface area contributed by atoms with Crippen LogP contribution in [0, 0.1) is 0 Å². The van der Waals surface area contributed by atoms with E-state index in [0.29, 0.717) is 23.6 Å². The van der Waals surface area contributed by atoms with Crippen LogP contribution >= 0.6 is 12.2 Å². The highest BCUT2D eigenvalue weighted by molar-refractivity contribution is 7.80. The molecule has 0 atom stereocenters. The second kappa shape index (κ2) is 13.0. The highest BCUT2D eigenvalue weighted by atomic mass is 32.1. The number of rotatable bonds is 11. The summed E-state index contributed by atoms with van der Waals surface area (Å²) in [7, 11) is 0. The monoisotopic (exact) mass is 517 g/mol. The van der Waals surface area contributed by atoms with Gasteiger partial charge < -0.3 is 19.9 Å². The molecule has 0 aromatic heterocycles. The van der Waals surface area contributed by atoms with E-state index < -0.39 is 24.7 Å². The Morgan fingerprint density at radius 2 is 1.64 bits per heavy atom. The molecular weight excluding hydrogens is 492 g/mol. The third-order valence-corrected chi connectivity index (χ3v) is 5.18. The van der Waals surface area contributed by atoms with Gasteiger partial charge in [-0.3, -0.25) is 14.4 Å². The Labute approximate surface area is 211 Å². The standard InChI is InChI=1S/C23H24N4O8S/c24-22(36)16-7-9-17(10-8-16)34-20(28)11-12-21(29)35-19-6-2-1-5-18(19)23(30)32-15-33-25-27(31)26-13-3-4-14-26/h1-2,5-10H,3-4,11-15H2,(H2-,24,25,31,36)/p+1. The van der Waals surface area contributed by atoms with Crippen LogP contribution in [0.15, 0.2) is 53.8 Å². The zero-order valence-electron chi connectivity index (χ0n) is 19.2. The molecule has 13 heteroatoms. The Morgan fingerprint density at radius 3 is 2.31 bits per heavy atom. The molecule has 1 saturated heterocycles. The van der Waals surface area contributed by atoms with Crippen LogP contribution in [-0.2, 0) is 19.2 Å². The van der Waals surface area contributed by atoms with Crippen LogP contribution in [0.4, 0.5) is 0 Å². The maximum absolute atomic E-state index is 12.4. The number of nitrogens with two attached hydrogens (primary N) is 1. The summed E-state index contributed by atoms with van der Waals surface area (Å²) < 4.78 is 15.3. The van der Waals surface area contributed by atoms with Crippen molar-refractivity contribution in [1.29, 1.82) is 0 Å². The summed E-state index contributed by atoms with van der Waals surface area (Å²) in [5.74, 6) is -1.99. The minimum absolute atomic E-state index is 0.0321. The Balaban J connectivity index is 1.45. The zero-order chi connectivity index (χ0) is 25.9. The van der Waals surface area contributed by atoms with Crippen molar-refractivity contribution in [3.63, 3.8) is 0 Å². The fraction of sp³-hybridized carbons (Fsp3) is 0.304. The second-order valence-corrected chi connectivity index (χ2v) is 7.96. The number of hydrogen-bond donors (Lipinski definition) is 2. The molecule has 0 spiro atoms. The molecule has 3 rings (SSSR count). The zero-order valence-corrected chi connectivity index (χ0v) is 20.0. The van der Waals surface area contributed by atoms with Crippen molar-refractivity contribution in [2.45, 2.75) is 25.7 Å². The van der Waals surface area contributed by atoms with E-state index in [4.69, 9.17) is 37.0 Å². The van der Waals surface area contributed by atoms with Crippen LogP contribution in [0.3, 0.4) is 0 Å². The molecule has 1 heterocycles. The predicted molar refractivity (Wildman–Crippen MR) is 126 cm³/mol. The number of para-hydroxylation sites is 1. The van der Waals surface area contributed by atoms with E-state index in [2.05, 4.69) is 5.28 Å². The molecule has 3 N–H and O–H groups in total. The minimum Gasteiger partial charge on any atom is -0.427 e. The number of hydrogen-bond acceptors (Lipinski definition) is 9. The lowest BCUT2D eigenvalue weighted by Crippen LogP contribution is -2.29. The molecule has 190 valence electrons. The number of carbonyl (C=O) groups is 3. The van der Waals surface area contributed by atoms with Gasteiger partial charge in [-0.1, -0.05) is 24.4 Å². The van der Waals surface area contributed by atoms with Crippen LogP contribution in [0.25, 0.3) is 0 Å². The van der Waals surface area contributed by atoms with Gasteiger partial charge in [-0.05, 0) is 49.2 Å². The van der Waals surface area contributed by atoms with Gasteiger partial charge >= 0.3 is 17.9 Å². The fourth-order valence-corrected chi connectivity index (χ4v) is 3.27. The smallest absolute Gasteiger partial charge is 0.344 e. The number of esters is 3. The molecule has 0 amide bonds. The molecule has 0 aliphatic carbocycles. The van der Waals surface area contributed by atoms with Crippen LogP contribution in [0.2, 0.25) is 0 Å². The number of benzene rings is 2. The topological polar surface area (TPSA) is 153 Å². The highest BCUT2D eigenvalue weighted by Crippen LogP contribution is 2.20. The molecule has 36 heavy (non-hydrogen) atoms. The van der Waals surface area contributed by atoms with Crippen molar-refractivity contribution in [2.75, 3.05) is 19.9 Å². The molecule has 1 fully saturated rings. The SMILES string of the molecule is NC(=S)c1ccc(OC(=O)CCC(=O)Oc2ccccc2C(=O)OCO/N=[N+](\O)N2CCCC2)cc1. The van der Waals surface area contributed by atoms with E-state index in [-0.39, 0.29) is 34.9 Å². The number of carbonyl (C=O) groups excluding carboxylic acids is 3. The molecule has 0 radical (unpaired) electrons. The quantitative estimate of drug-likeness (QED) is 0.0661. The van der Waals surface area contributed by atoms with Crippen molar-refractivity contribution < 1.29 is 43.6 Å². The van der Waals surface area contributed by atoms with Gasteiger partial charge in [0.1, 0.15) is 22.1 Å². The Hall–Kier alpha value is -4.26. The summed E-state index contributed by atoms with van der Waals surface area (Å²) in [6, 6.07) is 12.2. The lowest BCUT2D eigenvalue weighted by Gasteiger charge is -2.09. The summed E-state index contributed by atoms with van der Waals surface area (Å²) in [6.07, 6.45) is 1.33. The second-order valence-electron chi connectivity index (χ2n) is 7.52. The van der Waals surface area contributed by atoms with Crippen molar-refractivity contribution in [3.8, 4) is 11.5 Å². The molecule has 2 aromatic carbocycles. The summed E-state index contributed by atoms with van der Waals surface area (Å²) in [5.41, 5.74) is 6.12. The van der Waals surface area contributed by atoms with E-state index >= 15 is 0 Å². The van der Waals surface area contributed by atoms with Crippen molar-refractivity contribution >= 4 is 35.1 Å². The molecule has 2 aromatic rings.